The number of nitrogens with zero attached hydrogens (tertiary/aromatic N) is 5. The largest absolute Gasteiger partial charge is 0.457 e. The summed E-state index contributed by atoms with van der Waals surface area (Å²) >= 11 is 0. The van der Waals surface area contributed by atoms with E-state index >= 15 is 0 Å². The molecule has 4 N–H and O–H groups in total. The average molecular weight is 542 g/mol. The normalized spacial score (nSPS) is 15.0. The highest BCUT2D eigenvalue weighted by Crippen LogP contribution is 2.36. The van der Waals surface area contributed by atoms with Gasteiger partial charge in [0.05, 0.1) is 12.2 Å². The molecular weight excluding hydrogens is 506 g/mol. The number of para-hydroxylation sites is 1. The number of anilines is 2. The van der Waals surface area contributed by atoms with Crippen LogP contribution in [0.2, 0.25) is 0 Å². The summed E-state index contributed by atoms with van der Waals surface area (Å²) in [7, 11) is 3.76. The maximum atomic E-state index is 12.9. The van der Waals surface area contributed by atoms with Gasteiger partial charge in [0, 0.05) is 31.6 Å². The first-order chi connectivity index (χ1) is 19.3. The fourth-order valence-corrected chi connectivity index (χ4v) is 4.60. The minimum absolute atomic E-state index is 0.0506. The van der Waals surface area contributed by atoms with Crippen molar-refractivity contribution < 1.29 is 14.6 Å². The summed E-state index contributed by atoms with van der Waals surface area (Å²) in [6.45, 7) is 1.80. The molecule has 0 aliphatic carbocycles. The van der Waals surface area contributed by atoms with Crippen LogP contribution in [0.15, 0.2) is 72.6 Å². The number of amides is 1. The summed E-state index contributed by atoms with van der Waals surface area (Å²) in [4.78, 5) is 25.1. The number of likely N-dealkylation sites (N-methyl/N-ethyl adjacent to an activating group) is 1. The maximum Gasteiger partial charge on any atom is 0.264 e. The number of carbonyl (C=O) groups is 1. The topological polar surface area (TPSA) is 141 Å². The van der Waals surface area contributed by atoms with Gasteiger partial charge in [-0.05, 0) is 62.8 Å². The van der Waals surface area contributed by atoms with Gasteiger partial charge in [0.1, 0.15) is 41.1 Å². The molecule has 1 amide bonds. The molecule has 0 unspecified atom stereocenters. The second kappa shape index (κ2) is 13.1. The number of nitrogens with two attached hydrogens (primary N) is 1. The highest BCUT2D eigenvalue weighted by molar-refractivity contribution is 5.97. The Morgan fingerprint density at radius 3 is 2.45 bits per heavy atom. The van der Waals surface area contributed by atoms with E-state index in [1.165, 1.54) is 6.33 Å². The first-order valence-electron chi connectivity index (χ1n) is 13.2. The van der Waals surface area contributed by atoms with Gasteiger partial charge in [0.25, 0.3) is 5.91 Å². The zero-order chi connectivity index (χ0) is 28.5. The van der Waals surface area contributed by atoms with E-state index < -0.39 is 5.41 Å². The zero-order valence-corrected chi connectivity index (χ0v) is 22.9. The second-order valence-electron chi connectivity index (χ2n) is 10.2. The van der Waals surface area contributed by atoms with Crippen molar-refractivity contribution in [2.75, 3.05) is 57.9 Å². The van der Waals surface area contributed by atoms with E-state index in [0.29, 0.717) is 62.0 Å². The van der Waals surface area contributed by atoms with Crippen LogP contribution < -0.4 is 15.8 Å². The Morgan fingerprint density at radius 2 is 1.82 bits per heavy atom. The molecule has 2 aromatic carbocycles. The standard InChI is InChI=1S/C30H35N7O3/c1-36(2)15-12-23(18-31)29(39)37-16-13-30(20-38,14-17-37)19-33-28-26(27(32)34-21-35-28)22-8-10-25(11-9-22)40-24-6-4-3-5-7-24/h3-12,21,38H,13-17,19-20H2,1-2H3,(H3,32,33,34,35)/b23-12+. The Morgan fingerprint density at radius 1 is 1.15 bits per heavy atom. The number of piperidine rings is 1. The highest BCUT2D eigenvalue weighted by atomic mass is 16.5. The third-order valence-electron chi connectivity index (χ3n) is 7.09. The van der Waals surface area contributed by atoms with E-state index in [1.54, 1.807) is 11.0 Å². The first kappa shape index (κ1) is 28.5. The number of rotatable bonds is 10. The van der Waals surface area contributed by atoms with Gasteiger partial charge in [0.15, 0.2) is 0 Å². The minimum atomic E-state index is -0.457. The van der Waals surface area contributed by atoms with Crippen molar-refractivity contribution >= 4 is 17.5 Å². The molecule has 10 heteroatoms. The molecule has 1 aromatic heterocycles. The number of nitrogens with one attached hydrogen (secondary N) is 1. The van der Waals surface area contributed by atoms with Gasteiger partial charge in [-0.2, -0.15) is 5.26 Å². The monoisotopic (exact) mass is 541 g/mol. The lowest BCUT2D eigenvalue weighted by atomic mass is 9.78. The van der Waals surface area contributed by atoms with Gasteiger partial charge in [-0.1, -0.05) is 30.3 Å². The molecule has 1 aliphatic heterocycles. The summed E-state index contributed by atoms with van der Waals surface area (Å²) < 4.78 is 5.90. The number of nitriles is 1. The van der Waals surface area contributed by atoms with Crippen LogP contribution in [0, 0.1) is 16.7 Å². The number of nitrogen functional groups attached to an aromatic ring is 1. The molecule has 0 atom stereocenters. The number of ether oxygens (including phenoxy) is 1. The van der Waals surface area contributed by atoms with Crippen LogP contribution in [0.1, 0.15) is 12.8 Å². The molecule has 1 saturated heterocycles. The van der Waals surface area contributed by atoms with Crippen LogP contribution >= 0.6 is 0 Å². The summed E-state index contributed by atoms with van der Waals surface area (Å²) in [5.41, 5.74) is 7.45. The Balaban J connectivity index is 1.43. The Labute approximate surface area is 234 Å². The lowest BCUT2D eigenvalue weighted by Crippen LogP contribution is -2.48. The molecule has 4 rings (SSSR count). The number of hydrogen-bond acceptors (Lipinski definition) is 9. The van der Waals surface area contributed by atoms with Gasteiger partial charge in [-0.25, -0.2) is 9.97 Å². The van der Waals surface area contributed by atoms with Crippen LogP contribution in [-0.2, 0) is 4.79 Å². The van der Waals surface area contributed by atoms with Crippen molar-refractivity contribution in [3.8, 4) is 28.7 Å². The zero-order valence-electron chi connectivity index (χ0n) is 22.9. The molecule has 3 aromatic rings. The lowest BCUT2D eigenvalue weighted by molar-refractivity contribution is -0.129. The van der Waals surface area contributed by atoms with Crippen molar-refractivity contribution in [3.63, 3.8) is 0 Å². The molecule has 0 radical (unpaired) electrons. The Kier molecular flexibility index (Phi) is 9.32. The van der Waals surface area contributed by atoms with E-state index in [2.05, 4.69) is 15.3 Å². The molecule has 0 saturated carbocycles. The van der Waals surface area contributed by atoms with E-state index in [-0.39, 0.29) is 18.1 Å². The number of carbonyl (C=O) groups excluding carboxylic acids is 1. The predicted molar refractivity (Wildman–Crippen MR) is 154 cm³/mol. The molecule has 40 heavy (non-hydrogen) atoms. The number of aliphatic hydroxyl groups is 1. The Hall–Kier alpha value is -4.46. The SMILES string of the molecule is CN(C)C/C=C(\C#N)C(=O)N1CCC(CO)(CNc2ncnc(N)c2-c2ccc(Oc3ccccc3)cc2)CC1. The van der Waals surface area contributed by atoms with Crippen LogP contribution in [0.25, 0.3) is 11.1 Å². The van der Waals surface area contributed by atoms with Crippen LogP contribution in [0.4, 0.5) is 11.6 Å². The van der Waals surface area contributed by atoms with Crippen molar-refractivity contribution in [2.24, 2.45) is 5.41 Å². The van der Waals surface area contributed by atoms with Crippen molar-refractivity contribution in [2.45, 2.75) is 12.8 Å². The molecule has 0 spiro atoms. The van der Waals surface area contributed by atoms with E-state index in [0.717, 1.165) is 11.3 Å². The first-order valence-corrected chi connectivity index (χ1v) is 13.2. The summed E-state index contributed by atoms with van der Waals surface area (Å²) in [6.07, 6.45) is 4.22. The van der Waals surface area contributed by atoms with Crippen LogP contribution in [0.5, 0.6) is 11.5 Å². The van der Waals surface area contributed by atoms with Gasteiger partial charge in [0.2, 0.25) is 0 Å². The average Bonchev–Trinajstić information content (AvgIpc) is 2.97. The lowest BCUT2D eigenvalue weighted by Gasteiger charge is -2.41. The van der Waals surface area contributed by atoms with Gasteiger partial charge >= 0.3 is 0 Å². The number of likely N-dealkylation sites (tertiary alicyclic amines) is 1. The van der Waals surface area contributed by atoms with Crippen LogP contribution in [0.3, 0.4) is 0 Å². The summed E-state index contributed by atoms with van der Waals surface area (Å²) in [5, 5.41) is 23.2. The van der Waals surface area contributed by atoms with E-state index in [4.69, 9.17) is 10.5 Å². The molecule has 2 heterocycles. The van der Waals surface area contributed by atoms with E-state index in [1.807, 2.05) is 79.7 Å². The third-order valence-corrected chi connectivity index (χ3v) is 7.09. The third kappa shape index (κ3) is 6.94. The van der Waals surface area contributed by atoms with Crippen molar-refractivity contribution in [1.82, 2.24) is 19.8 Å². The van der Waals surface area contributed by atoms with Gasteiger partial charge < -0.3 is 30.7 Å². The summed E-state index contributed by atoms with van der Waals surface area (Å²) in [6, 6.07) is 19.1. The molecule has 0 bridgehead atoms. The van der Waals surface area contributed by atoms with Gasteiger partial charge in [-0.3, -0.25) is 4.79 Å². The fourth-order valence-electron chi connectivity index (χ4n) is 4.60. The van der Waals surface area contributed by atoms with Crippen molar-refractivity contribution in [1.29, 1.82) is 5.26 Å². The summed E-state index contributed by atoms with van der Waals surface area (Å²) in [5.74, 6) is 2.07. The second-order valence-corrected chi connectivity index (χ2v) is 10.2. The fraction of sp³-hybridized carbons (Fsp3) is 0.333. The number of aromatic nitrogens is 2. The molecule has 1 fully saturated rings. The molecule has 10 nitrogen and oxygen atoms in total. The molecular formula is C30H35N7O3. The Bertz CT molecular complexity index is 1360. The highest BCUT2D eigenvalue weighted by Gasteiger charge is 2.36. The number of benzene rings is 2. The van der Waals surface area contributed by atoms with Gasteiger partial charge in [-0.15, -0.1) is 0 Å². The molecule has 1 aliphatic rings. The van der Waals surface area contributed by atoms with E-state index in [9.17, 15) is 15.2 Å². The maximum absolute atomic E-state index is 12.9. The quantitative estimate of drug-likeness (QED) is 0.260. The van der Waals surface area contributed by atoms with Crippen molar-refractivity contribution in [3.05, 3.63) is 72.6 Å². The smallest absolute Gasteiger partial charge is 0.264 e. The predicted octanol–water partition coefficient (Wildman–Crippen LogP) is 3.54. The van der Waals surface area contributed by atoms with Crippen LogP contribution in [-0.4, -0.2) is 77.7 Å². The molecule has 208 valence electrons. The minimum Gasteiger partial charge on any atom is -0.457 e. The number of aliphatic hydroxyl groups excluding tert-OH is 1. The number of hydrogen-bond donors (Lipinski definition) is 3.